The van der Waals surface area contributed by atoms with Crippen LogP contribution in [0.5, 0.6) is 0 Å². The molecule has 0 fully saturated rings. The zero-order valence-corrected chi connectivity index (χ0v) is 11.7. The second-order valence-electron chi connectivity index (χ2n) is 4.79. The van der Waals surface area contributed by atoms with Crippen LogP contribution in [0.1, 0.15) is 31.7 Å². The first-order valence-electron chi connectivity index (χ1n) is 6.68. The lowest BCUT2D eigenvalue weighted by Gasteiger charge is -2.09. The third kappa shape index (κ3) is 3.86. The monoisotopic (exact) mass is 260 g/mol. The maximum absolute atomic E-state index is 5.27. The molecule has 1 N–H and O–H groups in total. The highest BCUT2D eigenvalue weighted by molar-refractivity contribution is 5.48. The summed E-state index contributed by atoms with van der Waals surface area (Å²) in [4.78, 5) is 8.64. The van der Waals surface area contributed by atoms with Crippen molar-refractivity contribution in [3.63, 3.8) is 0 Å². The van der Waals surface area contributed by atoms with Gasteiger partial charge in [0.15, 0.2) is 0 Å². The minimum Gasteiger partial charge on any atom is -0.339 e. The molecular formula is C14H20N4O. The molecule has 0 aliphatic heterocycles. The zero-order chi connectivity index (χ0) is 13.7. The van der Waals surface area contributed by atoms with Gasteiger partial charge in [-0.2, -0.15) is 4.98 Å². The predicted octanol–water partition coefficient (Wildman–Crippen LogP) is 2.37. The highest BCUT2D eigenvalue weighted by Gasteiger charge is 2.12. The molecule has 0 bridgehead atoms. The maximum Gasteiger partial charge on any atom is 0.228 e. The number of aryl methyl sites for hydroxylation is 1. The largest absolute Gasteiger partial charge is 0.339 e. The lowest BCUT2D eigenvalue weighted by molar-refractivity contribution is 0.362. The first kappa shape index (κ1) is 13.7. The number of hydrogen-bond acceptors (Lipinski definition) is 5. The van der Waals surface area contributed by atoms with Gasteiger partial charge in [0, 0.05) is 18.7 Å². The third-order valence-corrected chi connectivity index (χ3v) is 2.84. The highest BCUT2D eigenvalue weighted by Crippen LogP contribution is 2.14. The Balaban J connectivity index is 2.03. The molecule has 0 aliphatic carbocycles. The molecular weight excluding hydrogens is 240 g/mol. The van der Waals surface area contributed by atoms with E-state index in [1.54, 1.807) is 6.20 Å². The normalized spacial score (nSPS) is 12.6. The van der Waals surface area contributed by atoms with E-state index in [2.05, 4.69) is 34.3 Å². The number of hydrogen-bond donors (Lipinski definition) is 1. The highest BCUT2D eigenvalue weighted by atomic mass is 16.5. The average molecular weight is 260 g/mol. The standard InChI is InChI=1S/C14H20N4O/c1-4-6-15-11(3)9-13-17-14(18-19-13)12-8-10(2)5-7-16-12/h5,7-8,11,15H,4,6,9H2,1-3H3. The lowest BCUT2D eigenvalue weighted by Crippen LogP contribution is -2.28. The van der Waals surface area contributed by atoms with Crippen LogP contribution in [-0.4, -0.2) is 27.7 Å². The zero-order valence-electron chi connectivity index (χ0n) is 11.7. The summed E-state index contributed by atoms with van der Waals surface area (Å²) in [5.41, 5.74) is 1.89. The summed E-state index contributed by atoms with van der Waals surface area (Å²) in [6, 6.07) is 4.23. The molecule has 2 heterocycles. The minimum atomic E-state index is 0.332. The summed E-state index contributed by atoms with van der Waals surface area (Å²) in [5.74, 6) is 1.20. The average Bonchev–Trinajstić information content (AvgIpc) is 2.85. The van der Waals surface area contributed by atoms with Crippen LogP contribution in [0.4, 0.5) is 0 Å². The van der Waals surface area contributed by atoms with Gasteiger partial charge < -0.3 is 9.84 Å². The molecule has 2 aromatic rings. The topological polar surface area (TPSA) is 63.8 Å². The van der Waals surface area contributed by atoms with Gasteiger partial charge >= 0.3 is 0 Å². The molecule has 0 saturated carbocycles. The Morgan fingerprint density at radius 3 is 3.00 bits per heavy atom. The van der Waals surface area contributed by atoms with Gasteiger partial charge in [-0.25, -0.2) is 0 Å². The summed E-state index contributed by atoms with van der Waals surface area (Å²) in [5, 5.41) is 7.38. The van der Waals surface area contributed by atoms with E-state index in [4.69, 9.17) is 4.52 Å². The van der Waals surface area contributed by atoms with Crippen molar-refractivity contribution in [2.24, 2.45) is 0 Å². The first-order valence-corrected chi connectivity index (χ1v) is 6.68. The number of rotatable bonds is 6. The molecule has 2 rings (SSSR count). The number of nitrogens with zero attached hydrogens (tertiary/aromatic N) is 3. The van der Waals surface area contributed by atoms with Gasteiger partial charge in [-0.15, -0.1) is 0 Å². The van der Waals surface area contributed by atoms with Gasteiger partial charge in [0.25, 0.3) is 0 Å². The van der Waals surface area contributed by atoms with Crippen molar-refractivity contribution in [2.45, 2.75) is 39.7 Å². The van der Waals surface area contributed by atoms with Crippen molar-refractivity contribution in [2.75, 3.05) is 6.54 Å². The Morgan fingerprint density at radius 1 is 1.42 bits per heavy atom. The second-order valence-corrected chi connectivity index (χ2v) is 4.79. The third-order valence-electron chi connectivity index (χ3n) is 2.84. The van der Waals surface area contributed by atoms with E-state index in [1.807, 2.05) is 19.1 Å². The Kier molecular flexibility index (Phi) is 4.63. The van der Waals surface area contributed by atoms with Crippen molar-refractivity contribution in [1.29, 1.82) is 0 Å². The first-order chi connectivity index (χ1) is 9.19. The van der Waals surface area contributed by atoms with E-state index >= 15 is 0 Å². The molecule has 1 atom stereocenters. The van der Waals surface area contributed by atoms with Crippen molar-refractivity contribution in [1.82, 2.24) is 20.4 Å². The van der Waals surface area contributed by atoms with E-state index in [9.17, 15) is 0 Å². The van der Waals surface area contributed by atoms with Crippen LogP contribution in [0.25, 0.3) is 11.5 Å². The van der Waals surface area contributed by atoms with Crippen LogP contribution < -0.4 is 5.32 Å². The SMILES string of the molecule is CCCNC(C)Cc1nc(-c2cc(C)ccn2)no1. The van der Waals surface area contributed by atoms with Crippen LogP contribution >= 0.6 is 0 Å². The summed E-state index contributed by atoms with van der Waals surface area (Å²) >= 11 is 0. The number of aromatic nitrogens is 3. The van der Waals surface area contributed by atoms with Crippen molar-refractivity contribution in [3.8, 4) is 11.5 Å². The van der Waals surface area contributed by atoms with Crippen LogP contribution in [0, 0.1) is 6.92 Å². The van der Waals surface area contributed by atoms with Crippen LogP contribution in [-0.2, 0) is 6.42 Å². The van der Waals surface area contributed by atoms with Crippen molar-refractivity contribution >= 4 is 0 Å². The summed E-state index contributed by atoms with van der Waals surface area (Å²) in [6.07, 6.45) is 3.61. The summed E-state index contributed by atoms with van der Waals surface area (Å²) in [6.45, 7) is 7.28. The Labute approximate surface area is 113 Å². The number of nitrogens with one attached hydrogen (secondary N) is 1. The Morgan fingerprint density at radius 2 is 2.26 bits per heavy atom. The second kappa shape index (κ2) is 6.43. The molecule has 5 heteroatoms. The van der Waals surface area contributed by atoms with Crippen LogP contribution in [0.3, 0.4) is 0 Å². The number of pyridine rings is 1. The molecule has 102 valence electrons. The summed E-state index contributed by atoms with van der Waals surface area (Å²) in [7, 11) is 0. The summed E-state index contributed by atoms with van der Waals surface area (Å²) < 4.78 is 5.27. The maximum atomic E-state index is 5.27. The van der Waals surface area contributed by atoms with Crippen molar-refractivity contribution in [3.05, 3.63) is 29.8 Å². The molecule has 0 radical (unpaired) electrons. The fourth-order valence-corrected chi connectivity index (χ4v) is 1.83. The molecule has 2 aromatic heterocycles. The van der Waals surface area contributed by atoms with E-state index in [-0.39, 0.29) is 0 Å². The molecule has 0 aliphatic rings. The molecule has 0 spiro atoms. The smallest absolute Gasteiger partial charge is 0.228 e. The fourth-order valence-electron chi connectivity index (χ4n) is 1.83. The van der Waals surface area contributed by atoms with Gasteiger partial charge in [-0.05, 0) is 44.5 Å². The minimum absolute atomic E-state index is 0.332. The molecule has 0 saturated heterocycles. The molecule has 0 aromatic carbocycles. The molecule has 0 amide bonds. The van der Waals surface area contributed by atoms with E-state index < -0.39 is 0 Å². The van der Waals surface area contributed by atoms with E-state index in [0.29, 0.717) is 17.8 Å². The van der Waals surface area contributed by atoms with E-state index in [0.717, 1.165) is 30.6 Å². The molecule has 5 nitrogen and oxygen atoms in total. The Bertz CT molecular complexity index is 524. The predicted molar refractivity (Wildman–Crippen MR) is 73.7 cm³/mol. The Hall–Kier alpha value is -1.75. The quantitative estimate of drug-likeness (QED) is 0.863. The molecule has 19 heavy (non-hydrogen) atoms. The fraction of sp³-hybridized carbons (Fsp3) is 0.500. The van der Waals surface area contributed by atoms with Gasteiger partial charge in [0.05, 0.1) is 0 Å². The van der Waals surface area contributed by atoms with Gasteiger partial charge in [0.2, 0.25) is 11.7 Å². The van der Waals surface area contributed by atoms with Crippen LogP contribution in [0.2, 0.25) is 0 Å². The van der Waals surface area contributed by atoms with Gasteiger partial charge in [-0.3, -0.25) is 4.98 Å². The van der Waals surface area contributed by atoms with Crippen LogP contribution in [0.15, 0.2) is 22.9 Å². The molecule has 1 unspecified atom stereocenters. The lowest BCUT2D eigenvalue weighted by atomic mass is 10.2. The van der Waals surface area contributed by atoms with Gasteiger partial charge in [-0.1, -0.05) is 12.1 Å². The van der Waals surface area contributed by atoms with Gasteiger partial charge in [0.1, 0.15) is 5.69 Å². The van der Waals surface area contributed by atoms with Crippen molar-refractivity contribution < 1.29 is 4.52 Å². The van der Waals surface area contributed by atoms with E-state index in [1.165, 1.54) is 0 Å².